The van der Waals surface area contributed by atoms with E-state index in [-0.39, 0.29) is 11.7 Å². The van der Waals surface area contributed by atoms with Gasteiger partial charge in [-0.2, -0.15) is 0 Å². The molecule has 1 fully saturated rings. The first-order valence-electron chi connectivity index (χ1n) is 6.98. The molecule has 0 bridgehead atoms. The Hall–Kier alpha value is -1.72. The normalized spacial score (nSPS) is 19.1. The van der Waals surface area contributed by atoms with E-state index in [9.17, 15) is 8.78 Å². The minimum atomic E-state index is -0.772. The van der Waals surface area contributed by atoms with Gasteiger partial charge in [0, 0.05) is 42.6 Å². The van der Waals surface area contributed by atoms with E-state index in [1.165, 1.54) is 6.20 Å². The fourth-order valence-corrected chi connectivity index (χ4v) is 2.79. The van der Waals surface area contributed by atoms with Crippen LogP contribution in [0.4, 0.5) is 8.78 Å². The first-order chi connectivity index (χ1) is 10.6. The molecule has 1 aliphatic rings. The van der Waals surface area contributed by atoms with Gasteiger partial charge in [-0.3, -0.25) is 4.98 Å². The molecule has 2 aromatic rings. The number of nitrogens with zero attached hydrogens (tertiary/aromatic N) is 1. The second-order valence-corrected chi connectivity index (χ2v) is 5.66. The van der Waals surface area contributed by atoms with Gasteiger partial charge in [-0.1, -0.05) is 11.6 Å². The highest BCUT2D eigenvalue weighted by atomic mass is 35.5. The number of hydrogen-bond donors (Lipinski definition) is 1. The largest absolute Gasteiger partial charge is 0.482 e. The number of aromatic nitrogens is 1. The topological polar surface area (TPSA) is 34.1 Å². The average Bonchev–Trinajstić information content (AvgIpc) is 3.00. The smallest absolute Gasteiger partial charge is 0.168 e. The number of benzene rings is 1. The highest BCUT2D eigenvalue weighted by Gasteiger charge is 2.29. The summed E-state index contributed by atoms with van der Waals surface area (Å²) in [7, 11) is 0. The summed E-state index contributed by atoms with van der Waals surface area (Å²) in [6.07, 6.45) is 3.65. The van der Waals surface area contributed by atoms with Crippen molar-refractivity contribution in [1.29, 1.82) is 0 Å². The average molecular weight is 324 g/mol. The number of halogens is 3. The monoisotopic (exact) mass is 323 g/mol. The molecule has 2 heterocycles. The number of rotatable bonds is 4. The summed E-state index contributed by atoms with van der Waals surface area (Å²) in [5.41, 5.74) is 0.762. The fraction of sp³-hybridized carbons (Fsp3) is 0.312. The van der Waals surface area contributed by atoms with Gasteiger partial charge in [0.15, 0.2) is 11.6 Å². The minimum absolute atomic E-state index is 0.0988. The van der Waals surface area contributed by atoms with Crippen molar-refractivity contribution in [2.24, 2.45) is 5.92 Å². The Morgan fingerprint density at radius 1 is 1.36 bits per heavy atom. The molecule has 0 saturated carbocycles. The lowest BCUT2D eigenvalue weighted by Gasteiger charge is -2.24. The maximum atomic E-state index is 13.8. The van der Waals surface area contributed by atoms with Crippen LogP contribution in [0.25, 0.3) is 0 Å². The van der Waals surface area contributed by atoms with Gasteiger partial charge in [0.2, 0.25) is 0 Å². The summed E-state index contributed by atoms with van der Waals surface area (Å²) in [5.74, 6) is -1.41. The quantitative estimate of drug-likeness (QED) is 0.934. The van der Waals surface area contributed by atoms with Crippen LogP contribution in [0.5, 0.6) is 5.75 Å². The zero-order valence-corrected chi connectivity index (χ0v) is 12.4. The van der Waals surface area contributed by atoms with E-state index in [1.54, 1.807) is 12.3 Å². The first-order valence-corrected chi connectivity index (χ1v) is 7.36. The highest BCUT2D eigenvalue weighted by molar-refractivity contribution is 6.30. The predicted octanol–water partition coefficient (Wildman–Crippen LogP) is 3.54. The molecular weight excluding hydrogens is 310 g/mol. The molecule has 0 aliphatic carbocycles. The van der Waals surface area contributed by atoms with Crippen LogP contribution in [-0.4, -0.2) is 18.1 Å². The Kier molecular flexibility index (Phi) is 4.55. The SMILES string of the molecule is Fc1c[c]c(OC(c2cncc(Cl)c2)[C@H]2CCNC2)c(F)c1. The molecule has 6 heteroatoms. The van der Waals surface area contributed by atoms with Crippen molar-refractivity contribution in [3.8, 4) is 5.75 Å². The second kappa shape index (κ2) is 6.58. The summed E-state index contributed by atoms with van der Waals surface area (Å²) in [6.45, 7) is 1.62. The number of pyridine rings is 1. The van der Waals surface area contributed by atoms with Crippen LogP contribution < -0.4 is 10.1 Å². The molecular formula is C16H14ClF2N2O. The Labute approximate surface area is 132 Å². The molecule has 1 aromatic heterocycles. The third-order valence-corrected chi connectivity index (χ3v) is 3.86. The summed E-state index contributed by atoms with van der Waals surface area (Å²) < 4.78 is 32.6. The molecule has 1 saturated heterocycles. The van der Waals surface area contributed by atoms with E-state index in [0.29, 0.717) is 5.02 Å². The summed E-state index contributed by atoms with van der Waals surface area (Å²) in [4.78, 5) is 4.06. The van der Waals surface area contributed by atoms with Gasteiger partial charge in [-0.05, 0) is 25.1 Å². The van der Waals surface area contributed by atoms with E-state index >= 15 is 0 Å². The van der Waals surface area contributed by atoms with Crippen molar-refractivity contribution in [2.45, 2.75) is 12.5 Å². The first kappa shape index (κ1) is 15.2. The van der Waals surface area contributed by atoms with E-state index < -0.39 is 17.7 Å². The van der Waals surface area contributed by atoms with Crippen molar-refractivity contribution in [1.82, 2.24) is 10.3 Å². The second-order valence-electron chi connectivity index (χ2n) is 5.22. The van der Waals surface area contributed by atoms with Crippen molar-refractivity contribution in [3.05, 3.63) is 58.9 Å². The number of nitrogens with one attached hydrogen (secondary N) is 1. The van der Waals surface area contributed by atoms with Crippen LogP contribution in [-0.2, 0) is 0 Å². The Morgan fingerprint density at radius 2 is 2.23 bits per heavy atom. The van der Waals surface area contributed by atoms with Gasteiger partial charge in [-0.25, -0.2) is 8.78 Å². The third-order valence-electron chi connectivity index (χ3n) is 3.65. The van der Waals surface area contributed by atoms with Gasteiger partial charge in [-0.15, -0.1) is 0 Å². The van der Waals surface area contributed by atoms with Crippen LogP contribution in [0.2, 0.25) is 5.02 Å². The van der Waals surface area contributed by atoms with Gasteiger partial charge >= 0.3 is 0 Å². The lowest BCUT2D eigenvalue weighted by atomic mass is 9.96. The minimum Gasteiger partial charge on any atom is -0.482 e. The van der Waals surface area contributed by atoms with Crippen LogP contribution in [0.15, 0.2) is 30.6 Å². The summed E-state index contributed by atoms with van der Waals surface area (Å²) in [6, 6.07) is 6.08. The van der Waals surface area contributed by atoms with Crippen molar-refractivity contribution in [3.63, 3.8) is 0 Å². The zero-order chi connectivity index (χ0) is 15.5. The standard InChI is InChI=1S/C16H14ClF2N2O/c17-12-5-11(8-21-9-12)16(10-3-4-20-7-10)22-15-2-1-13(18)6-14(15)19/h1,5-6,8-10,16,20H,3-4,7H2/t10-,16?/m0/s1. The van der Waals surface area contributed by atoms with Gasteiger partial charge in [0.1, 0.15) is 11.9 Å². The maximum absolute atomic E-state index is 13.8. The van der Waals surface area contributed by atoms with Gasteiger partial charge in [0.25, 0.3) is 0 Å². The summed E-state index contributed by atoms with van der Waals surface area (Å²) >= 11 is 5.99. The van der Waals surface area contributed by atoms with Crippen LogP contribution >= 0.6 is 11.6 Å². The van der Waals surface area contributed by atoms with Crippen LogP contribution in [0.1, 0.15) is 18.1 Å². The molecule has 2 atom stereocenters. The molecule has 1 unspecified atom stereocenters. The lowest BCUT2D eigenvalue weighted by molar-refractivity contribution is 0.137. The Balaban J connectivity index is 1.91. The van der Waals surface area contributed by atoms with E-state index in [1.807, 2.05) is 0 Å². The molecule has 1 N–H and O–H groups in total. The van der Waals surface area contributed by atoms with E-state index in [2.05, 4.69) is 16.4 Å². The van der Waals surface area contributed by atoms with Crippen LogP contribution in [0, 0.1) is 23.6 Å². The molecule has 1 radical (unpaired) electrons. The molecule has 1 aromatic carbocycles. The van der Waals surface area contributed by atoms with Gasteiger partial charge < -0.3 is 10.1 Å². The molecule has 3 rings (SSSR count). The Morgan fingerprint density at radius 3 is 2.91 bits per heavy atom. The maximum Gasteiger partial charge on any atom is 0.168 e. The predicted molar refractivity (Wildman–Crippen MR) is 78.8 cm³/mol. The molecule has 115 valence electrons. The van der Waals surface area contributed by atoms with E-state index in [4.69, 9.17) is 16.3 Å². The highest BCUT2D eigenvalue weighted by Crippen LogP contribution is 2.33. The Bertz CT molecular complexity index is 662. The van der Waals surface area contributed by atoms with Crippen molar-refractivity contribution in [2.75, 3.05) is 13.1 Å². The summed E-state index contributed by atoms with van der Waals surface area (Å²) in [5, 5.41) is 3.74. The third kappa shape index (κ3) is 3.36. The number of ether oxygens (including phenoxy) is 1. The molecule has 0 spiro atoms. The van der Waals surface area contributed by atoms with Crippen molar-refractivity contribution >= 4 is 11.6 Å². The zero-order valence-electron chi connectivity index (χ0n) is 11.7. The fourth-order valence-electron chi connectivity index (χ4n) is 2.60. The molecule has 3 nitrogen and oxygen atoms in total. The number of hydrogen-bond acceptors (Lipinski definition) is 3. The van der Waals surface area contributed by atoms with Gasteiger partial charge in [0.05, 0.1) is 5.02 Å². The molecule has 22 heavy (non-hydrogen) atoms. The molecule has 1 aliphatic heterocycles. The lowest BCUT2D eigenvalue weighted by Crippen LogP contribution is -2.22. The van der Waals surface area contributed by atoms with E-state index in [0.717, 1.165) is 37.2 Å². The van der Waals surface area contributed by atoms with Crippen LogP contribution in [0.3, 0.4) is 0 Å². The van der Waals surface area contributed by atoms with Crippen molar-refractivity contribution < 1.29 is 13.5 Å². The molecule has 0 amide bonds.